The number of nitrogens with zero attached hydrogens (tertiary/aromatic N) is 3. The first-order valence-corrected chi connectivity index (χ1v) is 11.6. The maximum atomic E-state index is 13.4. The van der Waals surface area contributed by atoms with Gasteiger partial charge in [0.15, 0.2) is 15.0 Å². The summed E-state index contributed by atoms with van der Waals surface area (Å²) in [6.45, 7) is 0.973. The number of rotatable bonds is 6. The normalized spacial score (nSPS) is 11.5. The third-order valence-electron chi connectivity index (χ3n) is 4.10. The number of hydrogen-bond donors (Lipinski definition) is 0. The van der Waals surface area contributed by atoms with E-state index in [0.717, 1.165) is 16.5 Å². The minimum Gasteiger partial charge on any atom is -0.308 e. The Morgan fingerprint density at radius 1 is 1.14 bits per heavy atom. The lowest BCUT2D eigenvalue weighted by Gasteiger charge is -2.22. The number of sulfone groups is 1. The number of aromatic nitrogens is 1. The van der Waals surface area contributed by atoms with E-state index in [4.69, 9.17) is 11.6 Å². The van der Waals surface area contributed by atoms with Crippen molar-refractivity contribution >= 4 is 66.4 Å². The molecular formula is C19H21Cl2N3O3S2. The zero-order chi connectivity index (χ0) is 20.5. The minimum absolute atomic E-state index is 0. The third-order valence-corrected chi connectivity index (χ3v) is 6.53. The molecule has 3 rings (SSSR count). The molecule has 6 nitrogen and oxygen atoms in total. The van der Waals surface area contributed by atoms with Gasteiger partial charge in [0.25, 0.3) is 5.91 Å². The Bertz CT molecular complexity index is 1130. The Kier molecular flexibility index (Phi) is 7.64. The molecule has 0 saturated carbocycles. The van der Waals surface area contributed by atoms with Crippen LogP contribution in [0.2, 0.25) is 5.02 Å². The molecular weight excluding hydrogens is 453 g/mol. The molecule has 0 aliphatic heterocycles. The fourth-order valence-corrected chi connectivity index (χ4v) is 4.84. The van der Waals surface area contributed by atoms with Crippen molar-refractivity contribution in [2.75, 3.05) is 38.3 Å². The molecule has 1 amide bonds. The summed E-state index contributed by atoms with van der Waals surface area (Å²) in [5, 5.41) is 1.10. The van der Waals surface area contributed by atoms with Crippen LogP contribution in [0.1, 0.15) is 10.4 Å². The van der Waals surface area contributed by atoms with Crippen LogP contribution in [0.3, 0.4) is 0 Å². The number of benzene rings is 2. The number of likely N-dealkylation sites (N-methyl/N-ethyl adjacent to an activating group) is 1. The second kappa shape index (κ2) is 9.40. The fraction of sp³-hybridized carbons (Fsp3) is 0.263. The lowest BCUT2D eigenvalue weighted by Crippen LogP contribution is -2.37. The summed E-state index contributed by atoms with van der Waals surface area (Å²) in [6, 6.07) is 11.6. The van der Waals surface area contributed by atoms with Crippen molar-refractivity contribution in [1.29, 1.82) is 0 Å². The molecule has 29 heavy (non-hydrogen) atoms. The highest BCUT2D eigenvalue weighted by Gasteiger charge is 2.26. The van der Waals surface area contributed by atoms with Crippen LogP contribution in [-0.4, -0.2) is 57.6 Å². The number of hydrogen-bond acceptors (Lipinski definition) is 6. The largest absolute Gasteiger partial charge is 0.308 e. The highest BCUT2D eigenvalue weighted by Crippen LogP contribution is 2.32. The summed E-state index contributed by atoms with van der Waals surface area (Å²) in [5.74, 6) is -0.395. The zero-order valence-corrected chi connectivity index (χ0v) is 19.3. The summed E-state index contributed by atoms with van der Waals surface area (Å²) in [4.78, 5) is 21.4. The zero-order valence-electron chi connectivity index (χ0n) is 16.1. The van der Waals surface area contributed by atoms with Gasteiger partial charge in [0.05, 0.1) is 20.7 Å². The van der Waals surface area contributed by atoms with Crippen LogP contribution >= 0.6 is 35.3 Å². The molecule has 0 radical (unpaired) electrons. The minimum atomic E-state index is -3.55. The monoisotopic (exact) mass is 473 g/mol. The van der Waals surface area contributed by atoms with Gasteiger partial charge < -0.3 is 4.90 Å². The molecule has 0 aliphatic carbocycles. The van der Waals surface area contributed by atoms with E-state index in [-0.39, 0.29) is 22.9 Å². The van der Waals surface area contributed by atoms with Gasteiger partial charge >= 0.3 is 0 Å². The molecule has 10 heteroatoms. The van der Waals surface area contributed by atoms with Gasteiger partial charge in [-0.3, -0.25) is 9.69 Å². The predicted octanol–water partition coefficient (Wildman–Crippen LogP) is 3.98. The first-order valence-electron chi connectivity index (χ1n) is 8.48. The molecule has 0 N–H and O–H groups in total. The van der Waals surface area contributed by atoms with E-state index in [2.05, 4.69) is 4.98 Å². The van der Waals surface area contributed by atoms with Crippen LogP contribution in [0.25, 0.3) is 10.2 Å². The number of halogens is 2. The van der Waals surface area contributed by atoms with Gasteiger partial charge in [-0.2, -0.15) is 0 Å². The summed E-state index contributed by atoms with van der Waals surface area (Å²) in [5.41, 5.74) is 0.879. The predicted molar refractivity (Wildman–Crippen MR) is 122 cm³/mol. The molecule has 0 saturated heterocycles. The lowest BCUT2D eigenvalue weighted by atomic mass is 10.2. The van der Waals surface area contributed by atoms with E-state index >= 15 is 0 Å². The Balaban J connectivity index is 0.00000300. The molecule has 0 unspecified atom stereocenters. The number of carbonyl (C=O) groups excluding carboxylic acids is 1. The Morgan fingerprint density at radius 2 is 1.83 bits per heavy atom. The fourth-order valence-electron chi connectivity index (χ4n) is 2.70. The van der Waals surface area contributed by atoms with Gasteiger partial charge in [0, 0.05) is 24.4 Å². The summed E-state index contributed by atoms with van der Waals surface area (Å²) in [6.07, 6.45) is 1.10. The van der Waals surface area contributed by atoms with Crippen LogP contribution in [0.4, 0.5) is 5.13 Å². The molecule has 156 valence electrons. The van der Waals surface area contributed by atoms with Crippen LogP contribution in [0.5, 0.6) is 0 Å². The lowest BCUT2D eigenvalue weighted by molar-refractivity contribution is 0.0982. The van der Waals surface area contributed by atoms with E-state index in [0.29, 0.717) is 23.2 Å². The smallest absolute Gasteiger partial charge is 0.261 e. The summed E-state index contributed by atoms with van der Waals surface area (Å²) in [7, 11) is 0.268. The molecule has 0 aliphatic rings. The van der Waals surface area contributed by atoms with Gasteiger partial charge in [-0.05, 0) is 44.4 Å². The van der Waals surface area contributed by atoms with Crippen molar-refractivity contribution in [3.05, 3.63) is 53.1 Å². The second-order valence-corrected chi connectivity index (χ2v) is 10.1. The van der Waals surface area contributed by atoms with E-state index in [1.54, 1.807) is 30.3 Å². The van der Waals surface area contributed by atoms with Crippen molar-refractivity contribution in [3.8, 4) is 0 Å². The van der Waals surface area contributed by atoms with Crippen molar-refractivity contribution in [2.24, 2.45) is 0 Å². The number of anilines is 1. The van der Waals surface area contributed by atoms with E-state index < -0.39 is 15.7 Å². The third kappa shape index (κ3) is 5.46. The highest BCUT2D eigenvalue weighted by atomic mass is 35.5. The van der Waals surface area contributed by atoms with Crippen LogP contribution in [0.15, 0.2) is 47.4 Å². The molecule has 0 atom stereocenters. The van der Waals surface area contributed by atoms with Crippen molar-refractivity contribution in [1.82, 2.24) is 9.88 Å². The molecule has 3 aromatic rings. The Morgan fingerprint density at radius 3 is 2.48 bits per heavy atom. The van der Waals surface area contributed by atoms with E-state index in [1.165, 1.54) is 28.4 Å². The molecule has 0 fully saturated rings. The summed E-state index contributed by atoms with van der Waals surface area (Å²) >= 11 is 7.41. The van der Waals surface area contributed by atoms with Gasteiger partial charge in [-0.1, -0.05) is 35.1 Å². The molecule has 1 aromatic heterocycles. The Hall–Kier alpha value is -1.71. The number of thiazole rings is 1. The average Bonchev–Trinajstić information content (AvgIpc) is 3.03. The van der Waals surface area contributed by atoms with E-state index in [1.807, 2.05) is 19.0 Å². The van der Waals surface area contributed by atoms with Crippen molar-refractivity contribution in [3.63, 3.8) is 0 Å². The SMILES string of the molecule is CN(C)CCN(C(=O)c1ccccc1S(C)(=O)=O)c1nc2ccc(Cl)cc2s1.Cl. The number of amides is 1. The average molecular weight is 474 g/mol. The maximum absolute atomic E-state index is 13.4. The quantitative estimate of drug-likeness (QED) is 0.541. The van der Waals surface area contributed by atoms with E-state index in [9.17, 15) is 13.2 Å². The first kappa shape index (κ1) is 23.6. The first-order chi connectivity index (χ1) is 13.2. The van der Waals surface area contributed by atoms with Crippen LogP contribution in [-0.2, 0) is 9.84 Å². The van der Waals surface area contributed by atoms with Crippen LogP contribution in [0, 0.1) is 0 Å². The van der Waals surface area contributed by atoms with Gasteiger partial charge in [0.2, 0.25) is 0 Å². The standard InChI is InChI=1S/C19H20ClN3O3S2.ClH/c1-22(2)10-11-23(19-21-15-9-8-13(20)12-16(15)27-19)18(24)14-6-4-5-7-17(14)28(3,25)26;/h4-9,12H,10-11H2,1-3H3;1H. The number of fused-ring (bicyclic) bond motifs is 1. The van der Waals surface area contributed by atoms with Gasteiger partial charge in [0.1, 0.15) is 0 Å². The molecule has 1 heterocycles. The second-order valence-electron chi connectivity index (χ2n) is 6.64. The molecule has 2 aromatic carbocycles. The number of carbonyl (C=O) groups is 1. The van der Waals surface area contributed by atoms with Gasteiger partial charge in [-0.15, -0.1) is 12.4 Å². The van der Waals surface area contributed by atoms with Gasteiger partial charge in [-0.25, -0.2) is 13.4 Å². The maximum Gasteiger partial charge on any atom is 0.261 e. The molecule has 0 bridgehead atoms. The van der Waals surface area contributed by atoms with Crippen LogP contribution < -0.4 is 4.90 Å². The molecule has 0 spiro atoms. The van der Waals surface area contributed by atoms with Crippen molar-refractivity contribution in [2.45, 2.75) is 4.90 Å². The van der Waals surface area contributed by atoms with Crippen molar-refractivity contribution < 1.29 is 13.2 Å². The highest BCUT2D eigenvalue weighted by molar-refractivity contribution is 7.90. The Labute approximate surface area is 185 Å². The topological polar surface area (TPSA) is 70.6 Å². The summed E-state index contributed by atoms with van der Waals surface area (Å²) < 4.78 is 25.2.